The van der Waals surface area contributed by atoms with E-state index in [0.29, 0.717) is 32.1 Å². The lowest BCUT2D eigenvalue weighted by atomic mass is 10.4. The number of hydrogen-bond donors (Lipinski definition) is 1. The maximum Gasteiger partial charge on any atom is 0.214 e. The average molecular weight is 286 g/mol. The fourth-order valence-corrected chi connectivity index (χ4v) is 3.60. The highest BCUT2D eigenvalue weighted by Gasteiger charge is 2.26. The predicted octanol–water partition coefficient (Wildman–Crippen LogP) is 0.417. The minimum Gasteiger partial charge on any atom is -0.333 e. The Morgan fingerprint density at radius 1 is 1.42 bits per heavy atom. The van der Waals surface area contributed by atoms with Crippen molar-refractivity contribution in [3.05, 3.63) is 18.2 Å². The first-order chi connectivity index (χ1) is 8.99. The molecule has 0 bridgehead atoms. The molecule has 0 spiro atoms. The standard InChI is InChI=1S/C12H22N4O2S/c1-11(2)13-4-3-9-19(17,18)16-8-7-15-6-5-14-12(15)10-16/h5-6,11,13H,3-4,7-10H2,1-2H3. The molecule has 0 aromatic carbocycles. The molecule has 0 fully saturated rings. The molecule has 1 aliphatic heterocycles. The van der Waals surface area contributed by atoms with Gasteiger partial charge in [-0.05, 0) is 13.0 Å². The second-order valence-electron chi connectivity index (χ2n) is 5.15. The van der Waals surface area contributed by atoms with Gasteiger partial charge in [-0.2, -0.15) is 4.31 Å². The number of nitrogens with one attached hydrogen (secondary N) is 1. The molecule has 0 atom stereocenters. The van der Waals surface area contributed by atoms with Crippen molar-refractivity contribution in [1.29, 1.82) is 0 Å². The van der Waals surface area contributed by atoms with Gasteiger partial charge in [-0.15, -0.1) is 0 Å². The molecule has 1 aromatic heterocycles. The molecule has 2 heterocycles. The summed E-state index contributed by atoms with van der Waals surface area (Å²) in [7, 11) is -3.16. The fraction of sp³-hybridized carbons (Fsp3) is 0.750. The predicted molar refractivity (Wildman–Crippen MR) is 74.2 cm³/mol. The van der Waals surface area contributed by atoms with Gasteiger partial charge >= 0.3 is 0 Å². The van der Waals surface area contributed by atoms with Crippen LogP contribution in [0.2, 0.25) is 0 Å². The Bertz CT molecular complexity index is 510. The van der Waals surface area contributed by atoms with Crippen LogP contribution in [-0.4, -0.2) is 47.2 Å². The molecule has 2 rings (SSSR count). The Morgan fingerprint density at radius 2 is 2.21 bits per heavy atom. The van der Waals surface area contributed by atoms with Gasteiger partial charge in [0.25, 0.3) is 0 Å². The van der Waals surface area contributed by atoms with Crippen molar-refractivity contribution in [3.63, 3.8) is 0 Å². The third kappa shape index (κ3) is 3.77. The Morgan fingerprint density at radius 3 is 2.95 bits per heavy atom. The van der Waals surface area contributed by atoms with E-state index in [4.69, 9.17) is 0 Å². The molecule has 0 aliphatic carbocycles. The second-order valence-corrected chi connectivity index (χ2v) is 7.24. The van der Waals surface area contributed by atoms with Crippen LogP contribution < -0.4 is 5.32 Å². The zero-order valence-electron chi connectivity index (χ0n) is 11.5. The summed E-state index contributed by atoms with van der Waals surface area (Å²) in [6.45, 7) is 6.48. The SMILES string of the molecule is CC(C)NCCCS(=O)(=O)N1CCn2ccnc2C1. The van der Waals surface area contributed by atoms with Crippen molar-refractivity contribution in [2.75, 3.05) is 18.8 Å². The summed E-state index contributed by atoms with van der Waals surface area (Å²) in [6, 6.07) is 0.394. The minimum atomic E-state index is -3.16. The molecule has 0 saturated carbocycles. The summed E-state index contributed by atoms with van der Waals surface area (Å²) in [5, 5.41) is 3.23. The van der Waals surface area contributed by atoms with Gasteiger partial charge in [0.05, 0.1) is 12.3 Å². The molecule has 19 heavy (non-hydrogen) atoms. The van der Waals surface area contributed by atoms with Gasteiger partial charge in [-0.3, -0.25) is 0 Å². The highest BCUT2D eigenvalue weighted by molar-refractivity contribution is 7.89. The molecule has 0 amide bonds. The van der Waals surface area contributed by atoms with Crippen molar-refractivity contribution in [2.45, 2.75) is 39.4 Å². The van der Waals surface area contributed by atoms with Crippen molar-refractivity contribution >= 4 is 10.0 Å². The minimum absolute atomic E-state index is 0.202. The Labute approximate surface area is 114 Å². The van der Waals surface area contributed by atoms with Gasteiger partial charge in [0.1, 0.15) is 5.82 Å². The summed E-state index contributed by atoms with van der Waals surface area (Å²) >= 11 is 0. The number of fused-ring (bicyclic) bond motifs is 1. The van der Waals surface area contributed by atoms with Crippen LogP contribution >= 0.6 is 0 Å². The summed E-state index contributed by atoms with van der Waals surface area (Å²) in [5.41, 5.74) is 0. The molecule has 108 valence electrons. The largest absolute Gasteiger partial charge is 0.333 e. The van der Waals surface area contributed by atoms with Crippen LogP contribution in [-0.2, 0) is 23.1 Å². The van der Waals surface area contributed by atoms with Gasteiger partial charge < -0.3 is 9.88 Å². The van der Waals surface area contributed by atoms with E-state index in [1.165, 1.54) is 0 Å². The summed E-state index contributed by atoms with van der Waals surface area (Å²) < 4.78 is 28.0. The van der Waals surface area contributed by atoms with Crippen molar-refractivity contribution in [3.8, 4) is 0 Å². The van der Waals surface area contributed by atoms with Gasteiger partial charge in [0, 0.05) is 31.5 Å². The molecule has 0 radical (unpaired) electrons. The number of nitrogens with zero attached hydrogens (tertiary/aromatic N) is 3. The summed E-state index contributed by atoms with van der Waals surface area (Å²) in [5.74, 6) is 1.03. The van der Waals surface area contributed by atoms with E-state index in [-0.39, 0.29) is 5.75 Å². The Balaban J connectivity index is 1.87. The van der Waals surface area contributed by atoms with Crippen LogP contribution in [0.15, 0.2) is 12.4 Å². The van der Waals surface area contributed by atoms with Gasteiger partial charge in [0.2, 0.25) is 10.0 Å². The van der Waals surface area contributed by atoms with Crippen LogP contribution in [0.1, 0.15) is 26.1 Å². The molecule has 1 aromatic rings. The molecular formula is C12H22N4O2S. The van der Waals surface area contributed by atoms with E-state index in [9.17, 15) is 8.42 Å². The highest BCUT2D eigenvalue weighted by atomic mass is 32.2. The Hall–Kier alpha value is -0.920. The first-order valence-corrected chi connectivity index (χ1v) is 8.31. The lowest BCUT2D eigenvalue weighted by Gasteiger charge is -2.27. The third-order valence-electron chi connectivity index (χ3n) is 3.23. The van der Waals surface area contributed by atoms with Crippen LogP contribution in [0.4, 0.5) is 0 Å². The smallest absolute Gasteiger partial charge is 0.214 e. The van der Waals surface area contributed by atoms with Crippen LogP contribution in [0.5, 0.6) is 0 Å². The number of aromatic nitrogens is 2. The fourth-order valence-electron chi connectivity index (χ4n) is 2.16. The molecule has 6 nitrogen and oxygen atoms in total. The lowest BCUT2D eigenvalue weighted by molar-refractivity contribution is 0.335. The normalized spacial score (nSPS) is 16.8. The maximum atomic E-state index is 12.2. The molecule has 7 heteroatoms. The number of rotatable bonds is 6. The number of hydrogen-bond acceptors (Lipinski definition) is 4. The topological polar surface area (TPSA) is 67.2 Å². The lowest BCUT2D eigenvalue weighted by Crippen LogP contribution is -2.40. The zero-order valence-corrected chi connectivity index (χ0v) is 12.4. The average Bonchev–Trinajstić information content (AvgIpc) is 2.81. The van der Waals surface area contributed by atoms with Crippen LogP contribution in [0.25, 0.3) is 0 Å². The zero-order chi connectivity index (χ0) is 13.9. The number of imidazole rings is 1. The molecular weight excluding hydrogens is 264 g/mol. The van der Waals surface area contributed by atoms with Crippen LogP contribution in [0, 0.1) is 0 Å². The Kier molecular flexibility index (Phi) is 4.59. The maximum absolute atomic E-state index is 12.2. The molecule has 1 N–H and O–H groups in total. The van der Waals surface area contributed by atoms with Crippen molar-refractivity contribution in [1.82, 2.24) is 19.2 Å². The van der Waals surface area contributed by atoms with E-state index in [1.54, 1.807) is 10.5 Å². The second kappa shape index (κ2) is 6.02. The van der Waals surface area contributed by atoms with E-state index >= 15 is 0 Å². The van der Waals surface area contributed by atoms with E-state index < -0.39 is 10.0 Å². The third-order valence-corrected chi connectivity index (χ3v) is 5.14. The van der Waals surface area contributed by atoms with E-state index in [0.717, 1.165) is 12.4 Å². The van der Waals surface area contributed by atoms with Gasteiger partial charge in [0.15, 0.2) is 0 Å². The van der Waals surface area contributed by atoms with Crippen LogP contribution in [0.3, 0.4) is 0 Å². The molecule has 0 unspecified atom stereocenters. The quantitative estimate of drug-likeness (QED) is 0.770. The number of sulfonamides is 1. The van der Waals surface area contributed by atoms with Gasteiger partial charge in [-0.25, -0.2) is 13.4 Å². The monoisotopic (exact) mass is 286 g/mol. The summed E-state index contributed by atoms with van der Waals surface area (Å²) in [4.78, 5) is 4.18. The van der Waals surface area contributed by atoms with Crippen molar-refractivity contribution < 1.29 is 8.42 Å². The molecule has 1 aliphatic rings. The van der Waals surface area contributed by atoms with E-state index in [2.05, 4.69) is 24.1 Å². The van der Waals surface area contributed by atoms with E-state index in [1.807, 2.05) is 10.8 Å². The first-order valence-electron chi connectivity index (χ1n) is 6.70. The summed E-state index contributed by atoms with van der Waals surface area (Å²) in [6.07, 6.45) is 4.26. The van der Waals surface area contributed by atoms with Crippen molar-refractivity contribution in [2.24, 2.45) is 0 Å². The van der Waals surface area contributed by atoms with Gasteiger partial charge in [-0.1, -0.05) is 13.8 Å². The first kappa shape index (κ1) is 14.5. The molecule has 0 saturated heterocycles. The highest BCUT2D eigenvalue weighted by Crippen LogP contribution is 2.14.